The molecule has 0 spiro atoms. The van der Waals surface area contributed by atoms with Crippen molar-refractivity contribution < 1.29 is 23.9 Å². The second-order valence-electron chi connectivity index (χ2n) is 6.94. The molecular formula is C22H24ClN3O5. The quantitative estimate of drug-likeness (QED) is 0.590. The van der Waals surface area contributed by atoms with Crippen molar-refractivity contribution in [2.75, 3.05) is 51.5 Å². The van der Waals surface area contributed by atoms with Crippen LogP contribution in [0.3, 0.4) is 0 Å². The molecule has 8 nitrogen and oxygen atoms in total. The summed E-state index contributed by atoms with van der Waals surface area (Å²) in [6, 6.07) is 15.8. The lowest BCUT2D eigenvalue weighted by Crippen LogP contribution is -2.45. The Morgan fingerprint density at radius 3 is 2.48 bits per heavy atom. The molecule has 0 bridgehead atoms. The van der Waals surface area contributed by atoms with E-state index in [-0.39, 0.29) is 57.2 Å². The van der Waals surface area contributed by atoms with Crippen LogP contribution in [0.15, 0.2) is 54.6 Å². The Kier molecular flexibility index (Phi) is 7.86. The van der Waals surface area contributed by atoms with Crippen LogP contribution in [0.25, 0.3) is 0 Å². The van der Waals surface area contributed by atoms with Gasteiger partial charge in [0.05, 0.1) is 13.2 Å². The van der Waals surface area contributed by atoms with E-state index in [9.17, 15) is 14.4 Å². The molecule has 164 valence electrons. The number of para-hydroxylation sites is 1. The van der Waals surface area contributed by atoms with Crippen LogP contribution in [0, 0.1) is 0 Å². The van der Waals surface area contributed by atoms with Crippen LogP contribution in [-0.4, -0.2) is 74.1 Å². The van der Waals surface area contributed by atoms with Gasteiger partial charge in [0.25, 0.3) is 5.91 Å². The van der Waals surface area contributed by atoms with E-state index in [1.165, 1.54) is 21.8 Å². The lowest BCUT2D eigenvalue weighted by Gasteiger charge is -2.25. The maximum Gasteiger partial charge on any atom is 0.261 e. The molecule has 0 atom stereocenters. The first kappa shape index (κ1) is 22.6. The average Bonchev–Trinajstić information content (AvgIpc) is 3.17. The van der Waals surface area contributed by atoms with Gasteiger partial charge in [-0.15, -0.1) is 0 Å². The molecule has 1 aliphatic rings. The second-order valence-corrected chi connectivity index (χ2v) is 7.38. The molecule has 0 saturated carbocycles. The number of anilines is 1. The zero-order valence-corrected chi connectivity index (χ0v) is 18.0. The summed E-state index contributed by atoms with van der Waals surface area (Å²) in [5.74, 6) is -0.293. The van der Waals surface area contributed by atoms with Crippen molar-refractivity contribution in [3.05, 3.63) is 59.6 Å². The molecule has 0 N–H and O–H groups in total. The molecule has 0 aliphatic carbocycles. The molecule has 1 fully saturated rings. The number of halogens is 1. The third kappa shape index (κ3) is 6.19. The van der Waals surface area contributed by atoms with Gasteiger partial charge in [-0.3, -0.25) is 19.3 Å². The summed E-state index contributed by atoms with van der Waals surface area (Å²) in [5, 5.41) is 0.563. The molecule has 2 aromatic carbocycles. The van der Waals surface area contributed by atoms with Gasteiger partial charge in [-0.05, 0) is 36.4 Å². The summed E-state index contributed by atoms with van der Waals surface area (Å²) in [5.41, 5.74) is 0.660. The van der Waals surface area contributed by atoms with Gasteiger partial charge in [0, 0.05) is 24.4 Å². The summed E-state index contributed by atoms with van der Waals surface area (Å²) in [6.45, 7) is 0.224. The van der Waals surface area contributed by atoms with Gasteiger partial charge in [0.2, 0.25) is 11.8 Å². The molecule has 1 aliphatic heterocycles. The third-order valence-electron chi connectivity index (χ3n) is 4.78. The summed E-state index contributed by atoms with van der Waals surface area (Å²) >= 11 is 5.90. The summed E-state index contributed by atoms with van der Waals surface area (Å²) < 4.78 is 10.6. The molecule has 1 saturated heterocycles. The number of rotatable bonds is 9. The molecule has 31 heavy (non-hydrogen) atoms. The highest BCUT2D eigenvalue weighted by Crippen LogP contribution is 2.22. The predicted octanol–water partition coefficient (Wildman–Crippen LogP) is 2.03. The Bertz CT molecular complexity index is 907. The van der Waals surface area contributed by atoms with Crippen LogP contribution in [-0.2, 0) is 19.1 Å². The van der Waals surface area contributed by atoms with Crippen molar-refractivity contribution in [1.82, 2.24) is 9.80 Å². The topological polar surface area (TPSA) is 79.4 Å². The molecular weight excluding hydrogens is 422 g/mol. The Labute approximate surface area is 185 Å². The van der Waals surface area contributed by atoms with E-state index in [1.54, 1.807) is 36.4 Å². The SMILES string of the molecule is COCCN(CC(=O)N1CC(=O)N(c2ccc(Cl)cc2)C1)C(=O)COc1ccccc1. The number of carbonyl (C=O) groups excluding carboxylic acids is 3. The molecule has 0 unspecified atom stereocenters. The Morgan fingerprint density at radius 1 is 1.10 bits per heavy atom. The Hall–Kier alpha value is -3.10. The second kappa shape index (κ2) is 10.8. The Balaban J connectivity index is 1.60. The first-order chi connectivity index (χ1) is 15.0. The van der Waals surface area contributed by atoms with Crippen LogP contribution >= 0.6 is 11.6 Å². The number of carbonyl (C=O) groups is 3. The lowest BCUT2D eigenvalue weighted by molar-refractivity contribution is -0.142. The van der Waals surface area contributed by atoms with Gasteiger partial charge >= 0.3 is 0 Å². The minimum Gasteiger partial charge on any atom is -0.484 e. The van der Waals surface area contributed by atoms with Crippen molar-refractivity contribution in [2.45, 2.75) is 0 Å². The van der Waals surface area contributed by atoms with Crippen LogP contribution in [0.2, 0.25) is 5.02 Å². The first-order valence-corrected chi connectivity index (χ1v) is 10.1. The van der Waals surface area contributed by atoms with E-state index in [1.807, 2.05) is 18.2 Å². The minimum absolute atomic E-state index is 0.0473. The zero-order valence-electron chi connectivity index (χ0n) is 17.2. The summed E-state index contributed by atoms with van der Waals surface area (Å²) in [4.78, 5) is 42.2. The highest BCUT2D eigenvalue weighted by Gasteiger charge is 2.33. The highest BCUT2D eigenvalue weighted by atomic mass is 35.5. The molecule has 1 heterocycles. The van der Waals surface area contributed by atoms with E-state index in [2.05, 4.69) is 0 Å². The zero-order chi connectivity index (χ0) is 22.2. The van der Waals surface area contributed by atoms with Gasteiger partial charge in [-0.1, -0.05) is 29.8 Å². The lowest BCUT2D eigenvalue weighted by atomic mass is 10.3. The number of ether oxygens (including phenoxy) is 2. The van der Waals surface area contributed by atoms with Gasteiger partial charge in [0.15, 0.2) is 6.61 Å². The summed E-state index contributed by atoms with van der Waals surface area (Å²) in [6.07, 6.45) is 0. The first-order valence-electron chi connectivity index (χ1n) is 9.76. The molecule has 2 aromatic rings. The van der Waals surface area contributed by atoms with Crippen molar-refractivity contribution in [1.29, 1.82) is 0 Å². The van der Waals surface area contributed by atoms with Crippen molar-refractivity contribution in [2.24, 2.45) is 0 Å². The predicted molar refractivity (Wildman–Crippen MR) is 116 cm³/mol. The largest absolute Gasteiger partial charge is 0.484 e. The van der Waals surface area contributed by atoms with E-state index >= 15 is 0 Å². The number of methoxy groups -OCH3 is 1. The van der Waals surface area contributed by atoms with Gasteiger partial charge in [0.1, 0.15) is 19.0 Å². The smallest absolute Gasteiger partial charge is 0.261 e. The van der Waals surface area contributed by atoms with Crippen molar-refractivity contribution in [3.8, 4) is 5.75 Å². The number of nitrogens with zero attached hydrogens (tertiary/aromatic N) is 3. The fourth-order valence-corrected chi connectivity index (χ4v) is 3.20. The minimum atomic E-state index is -0.339. The van der Waals surface area contributed by atoms with Crippen molar-refractivity contribution in [3.63, 3.8) is 0 Å². The van der Waals surface area contributed by atoms with E-state index < -0.39 is 0 Å². The molecule has 3 amide bonds. The monoisotopic (exact) mass is 445 g/mol. The maximum atomic E-state index is 12.8. The fourth-order valence-electron chi connectivity index (χ4n) is 3.07. The summed E-state index contributed by atoms with van der Waals surface area (Å²) in [7, 11) is 1.52. The van der Waals surface area contributed by atoms with E-state index in [0.29, 0.717) is 16.5 Å². The normalized spacial score (nSPS) is 13.4. The highest BCUT2D eigenvalue weighted by molar-refractivity contribution is 6.30. The molecule has 0 radical (unpaired) electrons. The standard InChI is InChI=1S/C22H24ClN3O5/c1-30-12-11-24(22(29)15-31-19-5-3-2-4-6-19)13-20(27)25-14-21(28)26(16-25)18-9-7-17(23)8-10-18/h2-10H,11-16H2,1H3. The van der Waals surface area contributed by atoms with E-state index in [0.717, 1.165) is 0 Å². The third-order valence-corrected chi connectivity index (χ3v) is 5.03. The molecule has 3 rings (SSSR count). The Morgan fingerprint density at radius 2 is 1.81 bits per heavy atom. The maximum absolute atomic E-state index is 12.8. The fraction of sp³-hybridized carbons (Fsp3) is 0.318. The van der Waals surface area contributed by atoms with Crippen molar-refractivity contribution >= 4 is 35.0 Å². The van der Waals surface area contributed by atoms with Gasteiger partial charge in [-0.2, -0.15) is 0 Å². The van der Waals surface area contributed by atoms with Gasteiger partial charge in [-0.25, -0.2) is 0 Å². The van der Waals surface area contributed by atoms with Crippen LogP contribution < -0.4 is 9.64 Å². The molecule has 0 aromatic heterocycles. The van der Waals surface area contributed by atoms with Crippen LogP contribution in [0.1, 0.15) is 0 Å². The number of amides is 3. The number of hydrogen-bond acceptors (Lipinski definition) is 5. The average molecular weight is 446 g/mol. The van der Waals surface area contributed by atoms with E-state index in [4.69, 9.17) is 21.1 Å². The number of hydrogen-bond donors (Lipinski definition) is 0. The number of benzene rings is 2. The van der Waals surface area contributed by atoms with Gasteiger partial charge < -0.3 is 19.3 Å². The van der Waals surface area contributed by atoms with Crippen LogP contribution in [0.5, 0.6) is 5.75 Å². The van der Waals surface area contributed by atoms with Crippen LogP contribution in [0.4, 0.5) is 5.69 Å². The molecule has 9 heteroatoms.